The topological polar surface area (TPSA) is 72.8 Å². The van der Waals surface area contributed by atoms with Gasteiger partial charge in [-0.2, -0.15) is 0 Å². The Morgan fingerprint density at radius 2 is 2.23 bits per heavy atom. The van der Waals surface area contributed by atoms with Crippen LogP contribution in [0, 0.1) is 5.92 Å². The molecule has 2 atom stereocenters. The first kappa shape index (κ1) is 16.5. The predicted molar refractivity (Wildman–Crippen MR) is 80.9 cm³/mol. The molecule has 2 rings (SSSR count). The van der Waals surface area contributed by atoms with Crippen molar-refractivity contribution in [2.45, 2.75) is 38.7 Å². The van der Waals surface area contributed by atoms with E-state index in [0.29, 0.717) is 18.4 Å². The summed E-state index contributed by atoms with van der Waals surface area (Å²) >= 11 is 0. The lowest BCUT2D eigenvalue weighted by Crippen LogP contribution is -2.17. The normalized spacial score (nSPS) is 25.7. The number of fused-ring (bicyclic) bond motifs is 1. The van der Waals surface area contributed by atoms with Gasteiger partial charge in [-0.3, -0.25) is 4.79 Å². The Labute approximate surface area is 130 Å². The molecule has 1 N–H and O–H groups in total. The van der Waals surface area contributed by atoms with E-state index in [0.717, 1.165) is 24.0 Å². The van der Waals surface area contributed by atoms with Crippen LogP contribution in [-0.2, 0) is 19.1 Å². The van der Waals surface area contributed by atoms with E-state index >= 15 is 0 Å². The van der Waals surface area contributed by atoms with Crippen LogP contribution in [0.5, 0.6) is 0 Å². The molecule has 5 heteroatoms. The highest BCUT2D eigenvalue weighted by Gasteiger charge is 2.37. The average molecular weight is 306 g/mol. The molecule has 0 aromatic heterocycles. The van der Waals surface area contributed by atoms with Crippen molar-refractivity contribution in [3.8, 4) is 0 Å². The SMILES string of the molecule is C=C1C(=O)O[C@@H]2C=C(COC(C)=O)CCC=C(CO)CC[C@@H]12. The van der Waals surface area contributed by atoms with Gasteiger partial charge in [-0.25, -0.2) is 4.79 Å². The fourth-order valence-electron chi connectivity index (χ4n) is 2.80. The van der Waals surface area contributed by atoms with Crippen molar-refractivity contribution in [3.05, 3.63) is 35.5 Å². The van der Waals surface area contributed by atoms with Gasteiger partial charge in [-0.15, -0.1) is 0 Å². The third-order valence-electron chi connectivity index (χ3n) is 4.09. The standard InChI is InChI=1S/C17H22O5/c1-11-15-7-6-13(9-18)4-3-5-14(10-21-12(2)19)8-16(15)22-17(11)20/h4,8,15-16,18H,1,3,5-7,9-10H2,2H3/t15-,16+/m0/s1. The maximum atomic E-state index is 11.8. The zero-order valence-corrected chi connectivity index (χ0v) is 12.8. The quantitative estimate of drug-likeness (QED) is 0.491. The summed E-state index contributed by atoms with van der Waals surface area (Å²) in [4.78, 5) is 22.8. The zero-order chi connectivity index (χ0) is 16.1. The molecular weight excluding hydrogens is 284 g/mol. The fourth-order valence-corrected chi connectivity index (χ4v) is 2.80. The summed E-state index contributed by atoms with van der Waals surface area (Å²) in [7, 11) is 0. The molecule has 0 saturated carbocycles. The largest absolute Gasteiger partial charge is 0.461 e. The molecule has 1 fully saturated rings. The van der Waals surface area contributed by atoms with Crippen LogP contribution in [0.3, 0.4) is 0 Å². The molecule has 1 saturated heterocycles. The average Bonchev–Trinajstić information content (AvgIpc) is 2.75. The van der Waals surface area contributed by atoms with Gasteiger partial charge >= 0.3 is 11.9 Å². The van der Waals surface area contributed by atoms with Crippen molar-refractivity contribution < 1.29 is 24.2 Å². The van der Waals surface area contributed by atoms with E-state index in [-0.39, 0.29) is 37.2 Å². The molecular formula is C17H22O5. The summed E-state index contributed by atoms with van der Waals surface area (Å²) in [5, 5.41) is 9.40. The van der Waals surface area contributed by atoms with Gasteiger partial charge in [-0.05, 0) is 42.9 Å². The number of aliphatic hydroxyl groups is 1. The molecule has 0 unspecified atom stereocenters. The van der Waals surface area contributed by atoms with Gasteiger partial charge in [0.25, 0.3) is 0 Å². The number of allylic oxidation sites excluding steroid dienone is 1. The van der Waals surface area contributed by atoms with Crippen molar-refractivity contribution in [2.75, 3.05) is 13.2 Å². The Bertz CT molecular complexity index is 529. The predicted octanol–water partition coefficient (Wildman–Crippen LogP) is 2.07. The second kappa shape index (κ2) is 7.40. The first-order valence-corrected chi connectivity index (χ1v) is 7.52. The summed E-state index contributed by atoms with van der Waals surface area (Å²) < 4.78 is 10.4. The molecule has 0 bridgehead atoms. The highest BCUT2D eigenvalue weighted by atomic mass is 16.6. The van der Waals surface area contributed by atoms with E-state index in [1.165, 1.54) is 6.92 Å². The van der Waals surface area contributed by atoms with E-state index in [1.54, 1.807) is 0 Å². The third kappa shape index (κ3) is 4.07. The van der Waals surface area contributed by atoms with Crippen LogP contribution in [0.25, 0.3) is 0 Å². The van der Waals surface area contributed by atoms with E-state index in [4.69, 9.17) is 9.47 Å². The lowest BCUT2D eigenvalue weighted by atomic mass is 9.88. The number of esters is 2. The minimum Gasteiger partial charge on any atom is -0.461 e. The molecule has 1 heterocycles. The van der Waals surface area contributed by atoms with E-state index < -0.39 is 0 Å². The van der Waals surface area contributed by atoms with Crippen molar-refractivity contribution in [1.29, 1.82) is 0 Å². The van der Waals surface area contributed by atoms with Gasteiger partial charge < -0.3 is 14.6 Å². The summed E-state index contributed by atoms with van der Waals surface area (Å²) in [6.45, 7) is 5.41. The van der Waals surface area contributed by atoms with Crippen LogP contribution in [-0.4, -0.2) is 36.4 Å². The highest BCUT2D eigenvalue weighted by molar-refractivity contribution is 5.91. The molecule has 0 aromatic rings. The molecule has 2 aliphatic rings. The maximum Gasteiger partial charge on any atom is 0.334 e. The minimum atomic E-state index is -0.369. The van der Waals surface area contributed by atoms with Gasteiger partial charge in [0.2, 0.25) is 0 Å². The second-order valence-electron chi connectivity index (χ2n) is 5.70. The first-order chi connectivity index (χ1) is 10.5. The van der Waals surface area contributed by atoms with Crippen LogP contribution in [0.4, 0.5) is 0 Å². The molecule has 0 amide bonds. The number of ether oxygens (including phenoxy) is 2. The molecule has 22 heavy (non-hydrogen) atoms. The van der Waals surface area contributed by atoms with Gasteiger partial charge in [0.1, 0.15) is 12.7 Å². The summed E-state index contributed by atoms with van der Waals surface area (Å²) in [5.41, 5.74) is 2.36. The van der Waals surface area contributed by atoms with Gasteiger partial charge in [0.05, 0.1) is 6.61 Å². The Hall–Kier alpha value is -1.88. The van der Waals surface area contributed by atoms with Crippen molar-refractivity contribution in [1.82, 2.24) is 0 Å². The Morgan fingerprint density at radius 1 is 1.45 bits per heavy atom. The number of carbonyl (C=O) groups excluding carboxylic acids is 2. The Kier molecular flexibility index (Phi) is 5.55. The third-order valence-corrected chi connectivity index (χ3v) is 4.09. The van der Waals surface area contributed by atoms with E-state index in [2.05, 4.69) is 6.58 Å². The smallest absolute Gasteiger partial charge is 0.334 e. The number of hydrogen-bond acceptors (Lipinski definition) is 5. The number of carbonyl (C=O) groups is 2. The lowest BCUT2D eigenvalue weighted by molar-refractivity contribution is -0.140. The molecule has 120 valence electrons. The highest BCUT2D eigenvalue weighted by Crippen LogP contribution is 2.34. The minimum absolute atomic E-state index is 0.0155. The Morgan fingerprint density at radius 3 is 2.91 bits per heavy atom. The van der Waals surface area contributed by atoms with Gasteiger partial charge in [-0.1, -0.05) is 12.7 Å². The number of hydrogen-bond donors (Lipinski definition) is 1. The Balaban J connectivity index is 2.21. The van der Waals surface area contributed by atoms with Crippen molar-refractivity contribution >= 4 is 11.9 Å². The summed E-state index contributed by atoms with van der Waals surface area (Å²) in [6, 6.07) is 0. The summed E-state index contributed by atoms with van der Waals surface area (Å²) in [6.07, 6.45) is 6.44. The molecule has 0 radical (unpaired) electrons. The van der Waals surface area contributed by atoms with Crippen LogP contribution < -0.4 is 0 Å². The van der Waals surface area contributed by atoms with E-state index in [9.17, 15) is 14.7 Å². The van der Waals surface area contributed by atoms with E-state index in [1.807, 2.05) is 12.2 Å². The van der Waals surface area contributed by atoms with Gasteiger partial charge in [0.15, 0.2) is 0 Å². The van der Waals surface area contributed by atoms with Crippen LogP contribution in [0.2, 0.25) is 0 Å². The fraction of sp³-hybridized carbons (Fsp3) is 0.529. The van der Waals surface area contributed by atoms with Crippen molar-refractivity contribution in [3.63, 3.8) is 0 Å². The molecule has 5 nitrogen and oxygen atoms in total. The first-order valence-electron chi connectivity index (χ1n) is 7.52. The van der Waals surface area contributed by atoms with Crippen molar-refractivity contribution in [2.24, 2.45) is 5.92 Å². The summed E-state index contributed by atoms with van der Waals surface area (Å²) in [5.74, 6) is -0.798. The van der Waals surface area contributed by atoms with Crippen LogP contribution in [0.1, 0.15) is 32.6 Å². The molecule has 0 spiro atoms. The van der Waals surface area contributed by atoms with Crippen LogP contribution >= 0.6 is 0 Å². The lowest BCUT2D eigenvalue weighted by Gasteiger charge is -2.19. The van der Waals surface area contributed by atoms with Gasteiger partial charge in [0, 0.05) is 18.4 Å². The second-order valence-corrected chi connectivity index (χ2v) is 5.70. The molecule has 0 aromatic carbocycles. The number of rotatable bonds is 3. The monoisotopic (exact) mass is 306 g/mol. The van der Waals surface area contributed by atoms with Crippen LogP contribution in [0.15, 0.2) is 35.5 Å². The maximum absolute atomic E-state index is 11.8. The molecule has 1 aliphatic heterocycles. The molecule has 1 aliphatic carbocycles. The number of aliphatic hydroxyl groups excluding tert-OH is 1. The zero-order valence-electron chi connectivity index (χ0n) is 12.8.